The fraction of sp³-hybridized carbons (Fsp3) is 0.462. The van der Waals surface area contributed by atoms with Crippen LogP contribution in [0.15, 0.2) is 28.7 Å². The van der Waals surface area contributed by atoms with Crippen molar-refractivity contribution < 1.29 is 4.79 Å². The van der Waals surface area contributed by atoms with Gasteiger partial charge in [-0.15, -0.1) is 0 Å². The molecule has 1 aromatic rings. The number of rotatable bonds is 4. The van der Waals surface area contributed by atoms with Gasteiger partial charge in [0.1, 0.15) is 0 Å². The molecule has 2 rings (SSSR count). The highest BCUT2D eigenvalue weighted by Crippen LogP contribution is 2.22. The van der Waals surface area contributed by atoms with E-state index in [1.54, 1.807) is 0 Å². The second-order valence-corrected chi connectivity index (χ2v) is 5.31. The van der Waals surface area contributed by atoms with Crippen LogP contribution in [0.1, 0.15) is 31.4 Å². The molecule has 0 radical (unpaired) electrons. The average molecular weight is 297 g/mol. The number of amides is 1. The number of carbonyl (C=O) groups is 1. The molecule has 1 aliphatic rings. The van der Waals surface area contributed by atoms with Crippen LogP contribution in [0, 0.1) is 0 Å². The van der Waals surface area contributed by atoms with Crippen molar-refractivity contribution in [2.45, 2.75) is 31.8 Å². The van der Waals surface area contributed by atoms with Gasteiger partial charge in [0.15, 0.2) is 0 Å². The molecule has 4 heteroatoms. The predicted molar refractivity (Wildman–Crippen MR) is 71.7 cm³/mol. The van der Waals surface area contributed by atoms with Gasteiger partial charge in [-0.2, -0.15) is 0 Å². The Hall–Kier alpha value is -0.870. The van der Waals surface area contributed by atoms with Crippen molar-refractivity contribution in [2.75, 3.05) is 6.54 Å². The van der Waals surface area contributed by atoms with Gasteiger partial charge in [-0.25, -0.2) is 0 Å². The van der Waals surface area contributed by atoms with Crippen LogP contribution < -0.4 is 10.6 Å². The Kier molecular flexibility index (Phi) is 4.18. The topological polar surface area (TPSA) is 41.1 Å². The molecule has 2 atom stereocenters. The number of hydrogen-bond donors (Lipinski definition) is 2. The Labute approximate surface area is 110 Å². The first-order valence-electron chi connectivity index (χ1n) is 5.94. The van der Waals surface area contributed by atoms with Crippen molar-refractivity contribution >= 4 is 21.8 Å². The highest BCUT2D eigenvalue weighted by molar-refractivity contribution is 9.10. The van der Waals surface area contributed by atoms with Gasteiger partial charge in [-0.1, -0.05) is 34.1 Å². The van der Waals surface area contributed by atoms with Crippen LogP contribution in [0.4, 0.5) is 0 Å². The third kappa shape index (κ3) is 3.30. The summed E-state index contributed by atoms with van der Waals surface area (Å²) in [7, 11) is 0. The molecule has 0 bridgehead atoms. The smallest absolute Gasteiger partial charge is 0.220 e. The highest BCUT2D eigenvalue weighted by Gasteiger charge is 2.21. The van der Waals surface area contributed by atoms with Crippen LogP contribution in [0.3, 0.4) is 0 Å². The molecule has 17 heavy (non-hydrogen) atoms. The van der Waals surface area contributed by atoms with E-state index in [1.807, 2.05) is 18.2 Å². The summed E-state index contributed by atoms with van der Waals surface area (Å²) in [5.41, 5.74) is 1.25. The number of nitrogens with one attached hydrogen (secondary N) is 2. The summed E-state index contributed by atoms with van der Waals surface area (Å²) in [6.07, 6.45) is 1.60. The maximum atomic E-state index is 11.1. The van der Waals surface area contributed by atoms with Gasteiger partial charge in [0.05, 0.1) is 0 Å². The Morgan fingerprint density at radius 1 is 1.53 bits per heavy atom. The SMILES string of the molecule is C[C@H](NCC1CCC(=O)N1)c1ccccc1Br. The molecule has 0 spiro atoms. The lowest BCUT2D eigenvalue weighted by molar-refractivity contribution is -0.119. The van der Waals surface area contributed by atoms with Crippen LogP contribution in [-0.4, -0.2) is 18.5 Å². The number of benzene rings is 1. The molecule has 1 unspecified atom stereocenters. The van der Waals surface area contributed by atoms with E-state index in [4.69, 9.17) is 0 Å². The molecule has 0 aromatic heterocycles. The summed E-state index contributed by atoms with van der Waals surface area (Å²) in [6, 6.07) is 8.77. The van der Waals surface area contributed by atoms with Crippen molar-refractivity contribution in [3.8, 4) is 0 Å². The zero-order chi connectivity index (χ0) is 12.3. The molecular weight excluding hydrogens is 280 g/mol. The fourth-order valence-electron chi connectivity index (χ4n) is 2.09. The molecule has 0 saturated carbocycles. The number of carbonyl (C=O) groups excluding carboxylic acids is 1. The lowest BCUT2D eigenvalue weighted by Crippen LogP contribution is -2.36. The van der Waals surface area contributed by atoms with Crippen molar-refractivity contribution in [1.82, 2.24) is 10.6 Å². The summed E-state index contributed by atoms with van der Waals surface area (Å²) >= 11 is 3.55. The summed E-state index contributed by atoms with van der Waals surface area (Å²) < 4.78 is 1.12. The molecule has 3 nitrogen and oxygen atoms in total. The van der Waals surface area contributed by atoms with E-state index in [1.165, 1.54) is 5.56 Å². The van der Waals surface area contributed by atoms with Gasteiger partial charge in [-0.05, 0) is 25.0 Å². The Bertz CT molecular complexity index is 408. The van der Waals surface area contributed by atoms with Gasteiger partial charge >= 0.3 is 0 Å². The van der Waals surface area contributed by atoms with Crippen molar-refractivity contribution in [2.24, 2.45) is 0 Å². The molecule has 1 saturated heterocycles. The minimum absolute atomic E-state index is 0.172. The normalized spacial score (nSPS) is 21.3. The first kappa shape index (κ1) is 12.6. The summed E-state index contributed by atoms with van der Waals surface area (Å²) in [6.45, 7) is 2.96. The first-order valence-corrected chi connectivity index (χ1v) is 6.73. The van der Waals surface area contributed by atoms with Gasteiger partial charge in [-0.3, -0.25) is 4.79 Å². The maximum Gasteiger partial charge on any atom is 0.220 e. The van der Waals surface area contributed by atoms with E-state index < -0.39 is 0 Å². The van der Waals surface area contributed by atoms with E-state index >= 15 is 0 Å². The average Bonchev–Trinajstić information content (AvgIpc) is 2.73. The van der Waals surface area contributed by atoms with Gasteiger partial charge in [0.25, 0.3) is 0 Å². The van der Waals surface area contributed by atoms with E-state index in [-0.39, 0.29) is 18.0 Å². The zero-order valence-electron chi connectivity index (χ0n) is 9.87. The molecule has 1 fully saturated rings. The first-order chi connectivity index (χ1) is 8.16. The van der Waals surface area contributed by atoms with Crippen molar-refractivity contribution in [3.63, 3.8) is 0 Å². The molecule has 1 aromatic carbocycles. The van der Waals surface area contributed by atoms with Crippen molar-refractivity contribution in [1.29, 1.82) is 0 Å². The Morgan fingerprint density at radius 2 is 2.29 bits per heavy atom. The Morgan fingerprint density at radius 3 is 2.94 bits per heavy atom. The largest absolute Gasteiger partial charge is 0.352 e. The molecule has 2 N–H and O–H groups in total. The van der Waals surface area contributed by atoms with Gasteiger partial charge in [0.2, 0.25) is 5.91 Å². The Balaban J connectivity index is 1.87. The van der Waals surface area contributed by atoms with E-state index in [0.29, 0.717) is 6.42 Å². The summed E-state index contributed by atoms with van der Waals surface area (Å²) in [4.78, 5) is 11.1. The van der Waals surface area contributed by atoms with E-state index in [9.17, 15) is 4.79 Å². The van der Waals surface area contributed by atoms with Crippen LogP contribution in [0.25, 0.3) is 0 Å². The number of halogens is 1. The molecule has 1 amide bonds. The lowest BCUT2D eigenvalue weighted by Gasteiger charge is -2.18. The predicted octanol–water partition coefficient (Wildman–Crippen LogP) is 2.38. The monoisotopic (exact) mass is 296 g/mol. The summed E-state index contributed by atoms with van der Waals surface area (Å²) in [5, 5.41) is 6.42. The second kappa shape index (κ2) is 5.65. The zero-order valence-corrected chi connectivity index (χ0v) is 11.5. The third-order valence-electron chi connectivity index (χ3n) is 3.13. The highest BCUT2D eigenvalue weighted by atomic mass is 79.9. The molecule has 1 aliphatic heterocycles. The lowest BCUT2D eigenvalue weighted by atomic mass is 10.1. The van der Waals surface area contributed by atoms with E-state index in [2.05, 4.69) is 39.6 Å². The third-order valence-corrected chi connectivity index (χ3v) is 3.85. The van der Waals surface area contributed by atoms with Crippen LogP contribution in [0.2, 0.25) is 0 Å². The van der Waals surface area contributed by atoms with Crippen LogP contribution >= 0.6 is 15.9 Å². The molecule has 0 aliphatic carbocycles. The standard InChI is InChI=1S/C13H17BrN2O/c1-9(11-4-2-3-5-12(11)14)15-8-10-6-7-13(17)16-10/h2-5,9-10,15H,6-8H2,1H3,(H,16,17)/t9-,10?/m0/s1. The van der Waals surface area contributed by atoms with E-state index in [0.717, 1.165) is 17.4 Å². The van der Waals surface area contributed by atoms with Crippen LogP contribution in [0.5, 0.6) is 0 Å². The minimum Gasteiger partial charge on any atom is -0.352 e. The molecule has 1 heterocycles. The maximum absolute atomic E-state index is 11.1. The second-order valence-electron chi connectivity index (χ2n) is 4.45. The fourth-order valence-corrected chi connectivity index (χ4v) is 2.71. The number of hydrogen-bond acceptors (Lipinski definition) is 2. The summed E-state index contributed by atoms with van der Waals surface area (Å²) in [5.74, 6) is 0.172. The molecular formula is C13H17BrN2O. The van der Waals surface area contributed by atoms with Gasteiger partial charge < -0.3 is 10.6 Å². The van der Waals surface area contributed by atoms with Crippen LogP contribution in [-0.2, 0) is 4.79 Å². The minimum atomic E-state index is 0.172. The van der Waals surface area contributed by atoms with Gasteiger partial charge in [0, 0.05) is 29.5 Å². The molecule has 92 valence electrons. The quantitative estimate of drug-likeness (QED) is 0.896. The van der Waals surface area contributed by atoms with Crippen molar-refractivity contribution in [3.05, 3.63) is 34.3 Å².